The zero-order chi connectivity index (χ0) is 9.42. The van der Waals surface area contributed by atoms with Gasteiger partial charge in [0.05, 0.1) is 5.52 Å². The molecule has 2 aromatic rings. The highest BCUT2D eigenvalue weighted by Gasteiger charge is 2.14. The van der Waals surface area contributed by atoms with E-state index in [-0.39, 0.29) is 5.56 Å². The number of hydrogen-bond donors (Lipinski definition) is 1. The van der Waals surface area contributed by atoms with Crippen LogP contribution in [0, 0.1) is 0 Å². The molecule has 0 unspecified atom stereocenters. The molecule has 0 saturated carbocycles. The van der Waals surface area contributed by atoms with Crippen molar-refractivity contribution >= 4 is 10.9 Å². The fourth-order valence-corrected chi connectivity index (χ4v) is 1.30. The summed E-state index contributed by atoms with van der Waals surface area (Å²) in [4.78, 5) is 3.77. The Balaban J connectivity index is 2.78. The van der Waals surface area contributed by atoms with E-state index in [1.807, 2.05) is 0 Å². The minimum atomic E-state index is -2.52. The van der Waals surface area contributed by atoms with E-state index in [9.17, 15) is 8.78 Å². The lowest BCUT2D eigenvalue weighted by molar-refractivity contribution is 0.153. The summed E-state index contributed by atoms with van der Waals surface area (Å²) in [6, 6.07) is 1.60. The fraction of sp³-hybridized carbons (Fsp3) is 0.125. The third kappa shape index (κ3) is 1.12. The molecule has 13 heavy (non-hydrogen) atoms. The van der Waals surface area contributed by atoms with Gasteiger partial charge in [-0.1, -0.05) is 0 Å². The van der Waals surface area contributed by atoms with Crippen molar-refractivity contribution < 1.29 is 8.78 Å². The van der Waals surface area contributed by atoms with Crippen molar-refractivity contribution in [3.05, 3.63) is 30.2 Å². The molecule has 0 aliphatic rings. The number of nitrogens with two attached hydrogens (primary N) is 1. The van der Waals surface area contributed by atoms with Crippen LogP contribution in [0.2, 0.25) is 0 Å². The summed E-state index contributed by atoms with van der Waals surface area (Å²) in [7, 11) is 0. The predicted octanol–water partition coefficient (Wildman–Crippen LogP) is 1.69. The van der Waals surface area contributed by atoms with Crippen molar-refractivity contribution in [1.82, 2.24) is 9.66 Å². The second-order valence-electron chi connectivity index (χ2n) is 2.69. The highest BCUT2D eigenvalue weighted by molar-refractivity contribution is 5.83. The molecule has 3 nitrogen and oxygen atoms in total. The first-order valence-electron chi connectivity index (χ1n) is 3.68. The monoisotopic (exact) mass is 183 g/mol. The number of hydrogen-bond acceptors (Lipinski definition) is 2. The molecule has 2 N–H and O–H groups in total. The highest BCUT2D eigenvalue weighted by atomic mass is 19.3. The molecular weight excluding hydrogens is 176 g/mol. The molecule has 0 spiro atoms. The summed E-state index contributed by atoms with van der Waals surface area (Å²) < 4.78 is 26.0. The van der Waals surface area contributed by atoms with Crippen molar-refractivity contribution in [1.29, 1.82) is 0 Å². The van der Waals surface area contributed by atoms with Crippen LogP contribution in [0.25, 0.3) is 10.9 Å². The first-order chi connectivity index (χ1) is 6.20. The third-order valence-electron chi connectivity index (χ3n) is 1.90. The Hall–Kier alpha value is -1.65. The lowest BCUT2D eigenvalue weighted by Gasteiger charge is -1.93. The number of pyridine rings is 1. The average molecular weight is 183 g/mol. The standard InChI is InChI=1S/C8H7F2N3/c9-8(10)6-4-13(11)7-1-2-12-3-5(6)7/h1-4,8H,11H2. The number of halogens is 2. The van der Waals surface area contributed by atoms with Gasteiger partial charge in [-0.3, -0.25) is 9.66 Å². The van der Waals surface area contributed by atoms with Gasteiger partial charge in [-0.15, -0.1) is 0 Å². The largest absolute Gasteiger partial charge is 0.339 e. The summed E-state index contributed by atoms with van der Waals surface area (Å²) >= 11 is 0. The predicted molar refractivity (Wildman–Crippen MR) is 44.8 cm³/mol. The Kier molecular flexibility index (Phi) is 1.65. The smallest absolute Gasteiger partial charge is 0.266 e. The minimum Gasteiger partial charge on any atom is -0.339 e. The van der Waals surface area contributed by atoms with E-state index in [2.05, 4.69) is 4.98 Å². The second-order valence-corrected chi connectivity index (χ2v) is 2.69. The normalized spacial score (nSPS) is 11.3. The summed E-state index contributed by atoms with van der Waals surface area (Å²) in [5.41, 5.74) is 0.482. The van der Waals surface area contributed by atoms with E-state index in [4.69, 9.17) is 5.84 Å². The van der Waals surface area contributed by atoms with Gasteiger partial charge in [0.15, 0.2) is 0 Å². The van der Waals surface area contributed by atoms with Crippen LogP contribution >= 0.6 is 0 Å². The highest BCUT2D eigenvalue weighted by Crippen LogP contribution is 2.27. The molecule has 0 radical (unpaired) electrons. The third-order valence-corrected chi connectivity index (χ3v) is 1.90. The summed E-state index contributed by atoms with van der Waals surface area (Å²) in [5.74, 6) is 5.47. The molecule has 0 bridgehead atoms. The average Bonchev–Trinajstić information content (AvgIpc) is 2.45. The summed E-state index contributed by atoms with van der Waals surface area (Å²) in [5, 5.41) is 0.403. The van der Waals surface area contributed by atoms with Gasteiger partial charge in [-0.05, 0) is 6.07 Å². The Morgan fingerprint density at radius 2 is 2.23 bits per heavy atom. The molecule has 0 fully saturated rings. The van der Waals surface area contributed by atoms with Crippen molar-refractivity contribution in [3.8, 4) is 0 Å². The molecule has 0 aliphatic carbocycles. The van der Waals surface area contributed by atoms with E-state index < -0.39 is 6.43 Å². The van der Waals surface area contributed by atoms with Gasteiger partial charge in [0.2, 0.25) is 0 Å². The van der Waals surface area contributed by atoms with Gasteiger partial charge >= 0.3 is 0 Å². The molecule has 2 heterocycles. The second kappa shape index (κ2) is 2.69. The molecule has 68 valence electrons. The van der Waals surface area contributed by atoms with E-state index in [1.54, 1.807) is 6.07 Å². The van der Waals surface area contributed by atoms with E-state index in [0.29, 0.717) is 10.9 Å². The van der Waals surface area contributed by atoms with Crippen LogP contribution in [0.3, 0.4) is 0 Å². The van der Waals surface area contributed by atoms with Gasteiger partial charge in [0, 0.05) is 29.5 Å². The molecule has 2 aromatic heterocycles. The van der Waals surface area contributed by atoms with Gasteiger partial charge in [-0.2, -0.15) is 0 Å². The minimum absolute atomic E-state index is 0.0781. The number of fused-ring (bicyclic) bond motifs is 1. The van der Waals surface area contributed by atoms with Crippen LogP contribution in [0.4, 0.5) is 8.78 Å². The number of rotatable bonds is 1. The van der Waals surface area contributed by atoms with E-state index >= 15 is 0 Å². The maximum Gasteiger partial charge on any atom is 0.266 e. The Labute approximate surface area is 72.8 Å². The maximum absolute atomic E-state index is 12.4. The van der Waals surface area contributed by atoms with Crippen LogP contribution in [0.5, 0.6) is 0 Å². The zero-order valence-corrected chi connectivity index (χ0v) is 6.61. The van der Waals surface area contributed by atoms with Crippen LogP contribution in [0.15, 0.2) is 24.7 Å². The van der Waals surface area contributed by atoms with Crippen molar-refractivity contribution in [2.24, 2.45) is 0 Å². The van der Waals surface area contributed by atoms with Gasteiger partial charge < -0.3 is 5.84 Å². The Bertz CT molecular complexity index is 436. The molecular formula is C8H7F2N3. The number of alkyl halides is 2. The van der Waals surface area contributed by atoms with Gasteiger partial charge in [0.1, 0.15) is 0 Å². The first-order valence-corrected chi connectivity index (χ1v) is 3.68. The Morgan fingerprint density at radius 1 is 1.46 bits per heavy atom. The van der Waals surface area contributed by atoms with Crippen LogP contribution in [-0.4, -0.2) is 9.66 Å². The summed E-state index contributed by atoms with van der Waals surface area (Å²) in [6.45, 7) is 0. The quantitative estimate of drug-likeness (QED) is 0.683. The lowest BCUT2D eigenvalue weighted by Crippen LogP contribution is -2.04. The first kappa shape index (κ1) is 7.97. The van der Waals surface area contributed by atoms with Gasteiger partial charge in [0.25, 0.3) is 6.43 Å². The van der Waals surface area contributed by atoms with Crippen LogP contribution in [-0.2, 0) is 0 Å². The van der Waals surface area contributed by atoms with E-state index in [1.165, 1.54) is 23.3 Å². The number of nitrogens with zero attached hydrogens (tertiary/aromatic N) is 2. The molecule has 5 heteroatoms. The molecule has 0 saturated heterocycles. The molecule has 0 atom stereocenters. The van der Waals surface area contributed by atoms with Crippen molar-refractivity contribution in [3.63, 3.8) is 0 Å². The van der Waals surface area contributed by atoms with Crippen LogP contribution < -0.4 is 5.84 Å². The van der Waals surface area contributed by atoms with Crippen LogP contribution in [0.1, 0.15) is 12.0 Å². The number of nitrogen functional groups attached to an aromatic ring is 1. The summed E-state index contributed by atoms with van der Waals surface area (Å²) in [6.07, 6.45) is 1.61. The fourth-order valence-electron chi connectivity index (χ4n) is 1.30. The van der Waals surface area contributed by atoms with E-state index in [0.717, 1.165) is 0 Å². The molecule has 0 aliphatic heterocycles. The van der Waals surface area contributed by atoms with Crippen molar-refractivity contribution in [2.45, 2.75) is 6.43 Å². The zero-order valence-electron chi connectivity index (χ0n) is 6.61. The molecule has 0 aromatic carbocycles. The van der Waals surface area contributed by atoms with Gasteiger partial charge in [-0.25, -0.2) is 8.78 Å². The molecule has 0 amide bonds. The Morgan fingerprint density at radius 3 is 2.92 bits per heavy atom. The lowest BCUT2D eigenvalue weighted by atomic mass is 10.2. The number of aromatic nitrogens is 2. The maximum atomic E-state index is 12.4. The molecule has 2 rings (SSSR count). The van der Waals surface area contributed by atoms with Crippen molar-refractivity contribution in [2.75, 3.05) is 5.84 Å². The topological polar surface area (TPSA) is 43.8 Å². The SMILES string of the molecule is Nn1cc(C(F)F)c2cnccc21.